The van der Waals surface area contributed by atoms with Crippen LogP contribution in [0.5, 0.6) is 0 Å². The smallest absolute Gasteiger partial charge is 0.235 e. The summed E-state index contributed by atoms with van der Waals surface area (Å²) in [6.45, 7) is 0. The molecule has 0 fully saturated rings. The molecule has 142 valence electrons. The fraction of sp³-hybridized carbons (Fsp3) is 0.0417. The molecule has 4 rings (SSSR count). The Hall–Kier alpha value is -3.31. The van der Waals surface area contributed by atoms with E-state index in [1.54, 1.807) is 11.2 Å². The Morgan fingerprint density at radius 3 is 1.79 bits per heavy atom. The van der Waals surface area contributed by atoms with E-state index in [9.17, 15) is 0 Å². The maximum atomic E-state index is 4.75. The van der Waals surface area contributed by atoms with Crippen molar-refractivity contribution in [3.05, 3.63) is 101 Å². The number of nitrogens with zero attached hydrogens (tertiary/aromatic N) is 4. The minimum atomic E-state index is 0.540. The molecule has 0 amide bonds. The number of hydrazone groups is 1. The van der Waals surface area contributed by atoms with E-state index >= 15 is 0 Å². The Bertz CT molecular complexity index is 1050. The number of anilines is 1. The van der Waals surface area contributed by atoms with Crippen LogP contribution in [0.4, 0.5) is 5.95 Å². The van der Waals surface area contributed by atoms with Gasteiger partial charge in [-0.2, -0.15) is 5.10 Å². The third kappa shape index (κ3) is 4.76. The van der Waals surface area contributed by atoms with Crippen molar-refractivity contribution < 1.29 is 0 Å². The molecule has 29 heavy (non-hydrogen) atoms. The Morgan fingerprint density at radius 2 is 1.28 bits per heavy atom. The predicted octanol–water partition coefficient (Wildman–Crippen LogP) is 6.04. The second-order valence-electron chi connectivity index (χ2n) is 6.49. The second-order valence-corrected chi connectivity index (χ2v) is 7.41. The highest BCUT2D eigenvalue weighted by Gasteiger charge is 2.11. The standard InChI is InChI=1S/C24H19BrN4/c1-29(26-17-18-12-14-21(25)15-13-18)24-27-22(19-8-4-2-5-9-19)16-23(28-24)20-10-6-3-7-11-20/h2-17H,1H3/b26-17+. The van der Waals surface area contributed by atoms with Crippen LogP contribution in [-0.4, -0.2) is 23.2 Å². The van der Waals surface area contributed by atoms with Gasteiger partial charge < -0.3 is 0 Å². The van der Waals surface area contributed by atoms with Crippen LogP contribution < -0.4 is 5.01 Å². The first-order valence-corrected chi connectivity index (χ1v) is 10.0. The molecule has 0 bridgehead atoms. The molecule has 0 aliphatic heterocycles. The van der Waals surface area contributed by atoms with E-state index in [-0.39, 0.29) is 0 Å². The highest BCUT2D eigenvalue weighted by Crippen LogP contribution is 2.26. The monoisotopic (exact) mass is 442 g/mol. The van der Waals surface area contributed by atoms with Gasteiger partial charge in [0.05, 0.1) is 17.6 Å². The van der Waals surface area contributed by atoms with Crippen molar-refractivity contribution in [1.29, 1.82) is 0 Å². The first-order chi connectivity index (χ1) is 14.2. The van der Waals surface area contributed by atoms with Gasteiger partial charge in [0.1, 0.15) is 0 Å². The normalized spacial score (nSPS) is 11.0. The third-order valence-corrected chi connectivity index (χ3v) is 4.92. The molecule has 0 atom stereocenters. The van der Waals surface area contributed by atoms with Gasteiger partial charge in [0.15, 0.2) is 0 Å². The lowest BCUT2D eigenvalue weighted by Gasteiger charge is -2.14. The maximum absolute atomic E-state index is 4.75. The van der Waals surface area contributed by atoms with Crippen molar-refractivity contribution in [3.8, 4) is 22.5 Å². The summed E-state index contributed by atoms with van der Waals surface area (Å²) >= 11 is 3.45. The molecule has 0 spiro atoms. The molecule has 4 aromatic rings. The highest BCUT2D eigenvalue weighted by molar-refractivity contribution is 9.10. The second kappa shape index (κ2) is 8.80. The first-order valence-electron chi connectivity index (χ1n) is 9.22. The Morgan fingerprint density at radius 1 is 0.759 bits per heavy atom. The lowest BCUT2D eigenvalue weighted by atomic mass is 10.1. The van der Waals surface area contributed by atoms with Crippen molar-refractivity contribution >= 4 is 28.1 Å². The van der Waals surface area contributed by atoms with Crippen LogP contribution in [-0.2, 0) is 0 Å². The van der Waals surface area contributed by atoms with Gasteiger partial charge in [-0.3, -0.25) is 0 Å². The van der Waals surface area contributed by atoms with Crippen LogP contribution in [0.2, 0.25) is 0 Å². The van der Waals surface area contributed by atoms with E-state index in [0.717, 1.165) is 32.6 Å². The van der Waals surface area contributed by atoms with Crippen LogP contribution in [0.1, 0.15) is 5.56 Å². The number of benzene rings is 3. The lowest BCUT2D eigenvalue weighted by Crippen LogP contribution is -2.13. The minimum Gasteiger partial charge on any atom is -0.235 e. The molecule has 0 unspecified atom stereocenters. The summed E-state index contributed by atoms with van der Waals surface area (Å²) in [6.07, 6.45) is 1.80. The Kier molecular flexibility index (Phi) is 5.77. The zero-order valence-electron chi connectivity index (χ0n) is 15.9. The highest BCUT2D eigenvalue weighted by atomic mass is 79.9. The van der Waals surface area contributed by atoms with E-state index < -0.39 is 0 Å². The van der Waals surface area contributed by atoms with Crippen molar-refractivity contribution in [2.24, 2.45) is 5.10 Å². The van der Waals surface area contributed by atoms with Crippen LogP contribution in [0.25, 0.3) is 22.5 Å². The summed E-state index contributed by atoms with van der Waals surface area (Å²) in [5.74, 6) is 0.540. The van der Waals surface area contributed by atoms with E-state index in [2.05, 4.69) is 21.0 Å². The predicted molar refractivity (Wildman–Crippen MR) is 123 cm³/mol. The van der Waals surface area contributed by atoms with Crippen LogP contribution >= 0.6 is 15.9 Å². The molecule has 5 heteroatoms. The van der Waals surface area contributed by atoms with Crippen molar-refractivity contribution in [2.45, 2.75) is 0 Å². The number of hydrogen-bond donors (Lipinski definition) is 0. The fourth-order valence-corrected chi connectivity index (χ4v) is 3.11. The zero-order valence-corrected chi connectivity index (χ0v) is 17.5. The van der Waals surface area contributed by atoms with Crippen molar-refractivity contribution in [3.63, 3.8) is 0 Å². The van der Waals surface area contributed by atoms with Crippen LogP contribution in [0.15, 0.2) is 101 Å². The molecule has 0 N–H and O–H groups in total. The van der Waals surface area contributed by atoms with Gasteiger partial charge in [0, 0.05) is 22.6 Å². The topological polar surface area (TPSA) is 41.4 Å². The fourth-order valence-electron chi connectivity index (χ4n) is 2.85. The quantitative estimate of drug-likeness (QED) is 0.279. The Balaban J connectivity index is 1.72. The molecule has 1 aromatic heterocycles. The minimum absolute atomic E-state index is 0.540. The average molecular weight is 443 g/mol. The number of hydrogen-bond acceptors (Lipinski definition) is 4. The van der Waals surface area contributed by atoms with Gasteiger partial charge in [0.2, 0.25) is 5.95 Å². The van der Waals surface area contributed by atoms with Gasteiger partial charge in [0.25, 0.3) is 0 Å². The summed E-state index contributed by atoms with van der Waals surface area (Å²) in [5.41, 5.74) is 4.81. The van der Waals surface area contributed by atoms with Gasteiger partial charge in [-0.05, 0) is 23.8 Å². The number of aromatic nitrogens is 2. The molecular weight excluding hydrogens is 424 g/mol. The van der Waals surface area contributed by atoms with Gasteiger partial charge in [-0.25, -0.2) is 15.0 Å². The summed E-state index contributed by atoms with van der Waals surface area (Å²) < 4.78 is 1.04. The molecule has 0 saturated heterocycles. The van der Waals surface area contributed by atoms with E-state index in [1.165, 1.54) is 0 Å². The molecule has 1 heterocycles. The summed E-state index contributed by atoms with van der Waals surface area (Å²) in [7, 11) is 1.86. The van der Waals surface area contributed by atoms with Crippen molar-refractivity contribution in [2.75, 3.05) is 12.1 Å². The van der Waals surface area contributed by atoms with Crippen LogP contribution in [0, 0.1) is 0 Å². The van der Waals surface area contributed by atoms with E-state index in [1.807, 2.05) is 98.0 Å². The van der Waals surface area contributed by atoms with Crippen LogP contribution in [0.3, 0.4) is 0 Å². The molecular formula is C24H19BrN4. The molecule has 0 aliphatic rings. The summed E-state index contributed by atoms with van der Waals surface area (Å²) in [5, 5.41) is 6.23. The molecule has 3 aromatic carbocycles. The van der Waals surface area contributed by atoms with Gasteiger partial charge >= 0.3 is 0 Å². The lowest BCUT2D eigenvalue weighted by molar-refractivity contribution is 0.938. The summed E-state index contributed by atoms with van der Waals surface area (Å²) in [4.78, 5) is 9.50. The molecule has 0 aliphatic carbocycles. The van der Waals surface area contributed by atoms with Gasteiger partial charge in [-0.15, -0.1) is 0 Å². The van der Waals surface area contributed by atoms with E-state index in [4.69, 9.17) is 9.97 Å². The largest absolute Gasteiger partial charge is 0.247 e. The average Bonchev–Trinajstić information content (AvgIpc) is 2.79. The third-order valence-electron chi connectivity index (χ3n) is 4.39. The van der Waals surface area contributed by atoms with E-state index in [0.29, 0.717) is 5.95 Å². The maximum Gasteiger partial charge on any atom is 0.247 e. The zero-order chi connectivity index (χ0) is 20.1. The molecule has 0 saturated carbocycles. The summed E-state index contributed by atoms with van der Waals surface area (Å²) in [6, 6.07) is 30.2. The molecule has 4 nitrogen and oxygen atoms in total. The number of rotatable bonds is 5. The SMILES string of the molecule is CN(/N=C/c1ccc(Br)cc1)c1nc(-c2ccccc2)cc(-c2ccccc2)n1. The van der Waals surface area contributed by atoms with Gasteiger partial charge in [-0.1, -0.05) is 88.7 Å². The molecule has 0 radical (unpaired) electrons. The Labute approximate surface area is 178 Å². The van der Waals surface area contributed by atoms with Crippen molar-refractivity contribution in [1.82, 2.24) is 9.97 Å². The number of halogens is 1. The first kappa shape index (κ1) is 19.0.